The van der Waals surface area contributed by atoms with Crippen LogP contribution in [0, 0.1) is 6.92 Å². The highest BCUT2D eigenvalue weighted by molar-refractivity contribution is 5.46. The van der Waals surface area contributed by atoms with Crippen LogP contribution < -0.4 is 5.32 Å². The molecule has 3 rings (SSSR count). The average molecular weight is 287 g/mol. The number of likely N-dealkylation sites (N-methyl/N-ethyl adjacent to an activating group) is 1. The van der Waals surface area contributed by atoms with Gasteiger partial charge in [0.05, 0.1) is 0 Å². The van der Waals surface area contributed by atoms with E-state index in [0.717, 1.165) is 19.3 Å². The first-order valence-corrected chi connectivity index (χ1v) is 7.52. The van der Waals surface area contributed by atoms with Crippen LogP contribution in [0.3, 0.4) is 0 Å². The van der Waals surface area contributed by atoms with E-state index >= 15 is 0 Å². The Morgan fingerprint density at radius 1 is 1.24 bits per heavy atom. The van der Waals surface area contributed by atoms with Crippen LogP contribution in [0.4, 0.5) is 0 Å². The quantitative estimate of drug-likeness (QED) is 0.929. The number of nitrogens with one attached hydrogen (secondary N) is 1. The van der Waals surface area contributed by atoms with E-state index in [4.69, 9.17) is 4.52 Å². The van der Waals surface area contributed by atoms with Gasteiger partial charge in [0.15, 0.2) is 0 Å². The molecular formula is C15H21N5O. The second kappa shape index (κ2) is 5.89. The first kappa shape index (κ1) is 14.1. The van der Waals surface area contributed by atoms with E-state index in [1.54, 1.807) is 12.3 Å². The summed E-state index contributed by atoms with van der Waals surface area (Å²) in [4.78, 5) is 12.9. The lowest BCUT2D eigenvalue weighted by molar-refractivity contribution is 0.221. The van der Waals surface area contributed by atoms with Crippen LogP contribution in [0.1, 0.15) is 43.8 Å². The second-order valence-corrected chi connectivity index (χ2v) is 5.77. The molecule has 6 heteroatoms. The van der Waals surface area contributed by atoms with Gasteiger partial charge in [-0.2, -0.15) is 4.98 Å². The van der Waals surface area contributed by atoms with Crippen LogP contribution in [0.2, 0.25) is 0 Å². The summed E-state index contributed by atoms with van der Waals surface area (Å²) in [5, 5.41) is 7.52. The predicted molar refractivity (Wildman–Crippen MR) is 78.6 cm³/mol. The highest BCUT2D eigenvalue weighted by Crippen LogP contribution is 2.31. The first-order chi connectivity index (χ1) is 10.2. The van der Waals surface area contributed by atoms with E-state index in [2.05, 4.69) is 25.4 Å². The van der Waals surface area contributed by atoms with Crippen molar-refractivity contribution in [2.45, 2.75) is 51.0 Å². The van der Waals surface area contributed by atoms with E-state index in [-0.39, 0.29) is 5.54 Å². The Balaban J connectivity index is 1.78. The van der Waals surface area contributed by atoms with Gasteiger partial charge in [-0.25, -0.2) is 9.97 Å². The molecule has 0 saturated heterocycles. The van der Waals surface area contributed by atoms with Crippen molar-refractivity contribution in [2.24, 2.45) is 0 Å². The Hall–Kier alpha value is -1.82. The molecule has 1 saturated carbocycles. The maximum Gasteiger partial charge on any atom is 0.228 e. The molecule has 0 unspecified atom stereocenters. The van der Waals surface area contributed by atoms with Gasteiger partial charge < -0.3 is 9.84 Å². The topological polar surface area (TPSA) is 76.7 Å². The molecule has 0 amide bonds. The minimum absolute atomic E-state index is 0.101. The Labute approximate surface area is 124 Å². The zero-order valence-corrected chi connectivity index (χ0v) is 12.6. The third-order valence-electron chi connectivity index (χ3n) is 4.30. The SMILES string of the molecule is CNC1(Cc2nc(-c3ccnc(C)n3)no2)CCCCC1. The summed E-state index contributed by atoms with van der Waals surface area (Å²) >= 11 is 0. The van der Waals surface area contributed by atoms with Crippen molar-refractivity contribution in [2.75, 3.05) is 7.05 Å². The van der Waals surface area contributed by atoms with Crippen molar-refractivity contribution in [3.05, 3.63) is 24.0 Å². The molecule has 2 aromatic heterocycles. The van der Waals surface area contributed by atoms with Crippen LogP contribution in [0.5, 0.6) is 0 Å². The van der Waals surface area contributed by atoms with Crippen LogP contribution in [-0.4, -0.2) is 32.7 Å². The molecule has 21 heavy (non-hydrogen) atoms. The lowest BCUT2D eigenvalue weighted by Gasteiger charge is -2.36. The third kappa shape index (κ3) is 3.10. The first-order valence-electron chi connectivity index (χ1n) is 7.52. The van der Waals surface area contributed by atoms with Gasteiger partial charge in [-0.15, -0.1) is 0 Å². The molecule has 1 aliphatic carbocycles. The van der Waals surface area contributed by atoms with Gasteiger partial charge >= 0.3 is 0 Å². The van der Waals surface area contributed by atoms with Crippen molar-refractivity contribution in [1.29, 1.82) is 0 Å². The summed E-state index contributed by atoms with van der Waals surface area (Å²) in [5.74, 6) is 1.92. The molecule has 2 heterocycles. The van der Waals surface area contributed by atoms with Crippen LogP contribution >= 0.6 is 0 Å². The van der Waals surface area contributed by atoms with Crippen molar-refractivity contribution in [1.82, 2.24) is 25.4 Å². The van der Waals surface area contributed by atoms with Gasteiger partial charge in [0, 0.05) is 18.2 Å². The number of aromatic nitrogens is 4. The van der Waals surface area contributed by atoms with Gasteiger partial charge in [0.25, 0.3) is 0 Å². The van der Waals surface area contributed by atoms with Gasteiger partial charge in [-0.05, 0) is 32.9 Å². The number of nitrogens with zero attached hydrogens (tertiary/aromatic N) is 4. The molecule has 1 N–H and O–H groups in total. The monoisotopic (exact) mass is 287 g/mol. The van der Waals surface area contributed by atoms with E-state index in [1.165, 1.54) is 19.3 Å². The fourth-order valence-corrected chi connectivity index (χ4v) is 3.04. The molecular weight excluding hydrogens is 266 g/mol. The molecule has 6 nitrogen and oxygen atoms in total. The second-order valence-electron chi connectivity index (χ2n) is 5.77. The molecule has 1 fully saturated rings. The number of hydrogen-bond donors (Lipinski definition) is 1. The molecule has 0 spiro atoms. The molecule has 2 aromatic rings. The fraction of sp³-hybridized carbons (Fsp3) is 0.600. The standard InChI is InChI=1S/C15H21N5O/c1-11-17-9-6-12(18-11)14-19-13(21-20-14)10-15(16-2)7-4-3-5-8-15/h6,9,16H,3-5,7-8,10H2,1-2H3. The number of hydrogen-bond acceptors (Lipinski definition) is 6. The Bertz CT molecular complexity index is 604. The van der Waals surface area contributed by atoms with Crippen molar-refractivity contribution in [3.8, 4) is 11.5 Å². The highest BCUT2D eigenvalue weighted by atomic mass is 16.5. The molecule has 0 aromatic carbocycles. The molecule has 0 bridgehead atoms. The van der Waals surface area contributed by atoms with Crippen LogP contribution in [0.25, 0.3) is 11.5 Å². The summed E-state index contributed by atoms with van der Waals surface area (Å²) < 4.78 is 5.43. The molecule has 0 aliphatic heterocycles. The summed E-state index contributed by atoms with van der Waals surface area (Å²) in [7, 11) is 2.02. The minimum Gasteiger partial charge on any atom is -0.339 e. The van der Waals surface area contributed by atoms with Crippen LogP contribution in [0.15, 0.2) is 16.8 Å². The van der Waals surface area contributed by atoms with E-state index in [9.17, 15) is 0 Å². The zero-order valence-electron chi connectivity index (χ0n) is 12.6. The van der Waals surface area contributed by atoms with Gasteiger partial charge in [-0.1, -0.05) is 24.4 Å². The predicted octanol–water partition coefficient (Wildman–Crippen LogP) is 2.30. The van der Waals surface area contributed by atoms with Crippen molar-refractivity contribution in [3.63, 3.8) is 0 Å². The van der Waals surface area contributed by atoms with Crippen molar-refractivity contribution < 1.29 is 4.52 Å². The lowest BCUT2D eigenvalue weighted by atomic mass is 9.79. The summed E-state index contributed by atoms with van der Waals surface area (Å²) in [6.07, 6.45) is 8.64. The fourth-order valence-electron chi connectivity index (χ4n) is 3.04. The minimum atomic E-state index is 0.101. The highest BCUT2D eigenvalue weighted by Gasteiger charge is 2.32. The summed E-state index contributed by atoms with van der Waals surface area (Å²) in [5.41, 5.74) is 0.809. The molecule has 112 valence electrons. The Kier molecular flexibility index (Phi) is 3.96. The average Bonchev–Trinajstić information content (AvgIpc) is 2.96. The number of aryl methyl sites for hydroxylation is 1. The molecule has 0 atom stereocenters. The Morgan fingerprint density at radius 3 is 2.76 bits per heavy atom. The van der Waals surface area contributed by atoms with E-state index in [1.807, 2.05) is 14.0 Å². The smallest absolute Gasteiger partial charge is 0.228 e. The maximum absolute atomic E-state index is 5.43. The zero-order chi connectivity index (χ0) is 14.7. The molecule has 0 radical (unpaired) electrons. The van der Waals surface area contributed by atoms with E-state index < -0.39 is 0 Å². The maximum atomic E-state index is 5.43. The van der Waals surface area contributed by atoms with Crippen molar-refractivity contribution >= 4 is 0 Å². The lowest BCUT2D eigenvalue weighted by Crippen LogP contribution is -2.46. The summed E-state index contributed by atoms with van der Waals surface area (Å²) in [6.45, 7) is 1.85. The van der Waals surface area contributed by atoms with Gasteiger partial charge in [-0.3, -0.25) is 0 Å². The Morgan fingerprint density at radius 2 is 2.05 bits per heavy atom. The van der Waals surface area contributed by atoms with Crippen LogP contribution in [-0.2, 0) is 6.42 Å². The summed E-state index contributed by atoms with van der Waals surface area (Å²) in [6, 6.07) is 1.80. The normalized spacial score (nSPS) is 17.8. The van der Waals surface area contributed by atoms with Gasteiger partial charge in [0.1, 0.15) is 11.5 Å². The third-order valence-corrected chi connectivity index (χ3v) is 4.30. The van der Waals surface area contributed by atoms with Gasteiger partial charge in [0.2, 0.25) is 11.7 Å². The molecule has 1 aliphatic rings. The largest absolute Gasteiger partial charge is 0.339 e. The van der Waals surface area contributed by atoms with E-state index in [0.29, 0.717) is 23.2 Å². The number of rotatable bonds is 4.